The van der Waals surface area contributed by atoms with E-state index >= 15 is 0 Å². The van der Waals surface area contributed by atoms with Crippen LogP contribution >= 0.6 is 0 Å². The highest BCUT2D eigenvalue weighted by Crippen LogP contribution is 2.17. The molecule has 0 aromatic rings. The van der Waals surface area contributed by atoms with Crippen molar-refractivity contribution >= 4 is 6.03 Å². The summed E-state index contributed by atoms with van der Waals surface area (Å²) in [5.74, 6) is 0. The topological polar surface area (TPSA) is 50.8 Å². The highest BCUT2D eigenvalue weighted by molar-refractivity contribution is 5.75. The summed E-state index contributed by atoms with van der Waals surface area (Å²) >= 11 is 0. The minimum Gasteiger partial charge on any atom is -0.382 e. The molecule has 2 aliphatic rings. The molecule has 5 nitrogen and oxygen atoms in total. The number of halogens is 1. The van der Waals surface area contributed by atoms with Crippen molar-refractivity contribution in [2.24, 2.45) is 0 Å². The van der Waals surface area contributed by atoms with Gasteiger partial charge in [-0.15, -0.1) is 0 Å². The smallest absolute Gasteiger partial charge is 0.317 e. The van der Waals surface area contributed by atoms with Crippen LogP contribution in [-0.4, -0.2) is 62.7 Å². The lowest BCUT2D eigenvalue weighted by molar-refractivity contribution is 0.0379. The number of rotatable bonds is 4. The molecular formula is C11H19FN2O3. The van der Waals surface area contributed by atoms with E-state index in [0.717, 1.165) is 19.4 Å². The normalized spacial score (nSPS) is 26.7. The SMILES string of the molecule is COCC(NC(=O)N1CC(F)C1)C1CCCO1. The van der Waals surface area contributed by atoms with Gasteiger partial charge in [0.15, 0.2) is 0 Å². The third-order valence-electron chi connectivity index (χ3n) is 3.19. The second kappa shape index (κ2) is 5.64. The van der Waals surface area contributed by atoms with Crippen LogP contribution in [0.25, 0.3) is 0 Å². The first kappa shape index (κ1) is 12.6. The number of methoxy groups -OCH3 is 1. The van der Waals surface area contributed by atoms with Crippen molar-refractivity contribution in [1.82, 2.24) is 10.2 Å². The summed E-state index contributed by atoms with van der Waals surface area (Å²) in [5, 5.41) is 2.85. The molecule has 2 amide bonds. The van der Waals surface area contributed by atoms with E-state index < -0.39 is 6.17 Å². The number of alkyl halides is 1. The molecule has 98 valence electrons. The average molecular weight is 246 g/mol. The average Bonchev–Trinajstić information content (AvgIpc) is 2.77. The Balaban J connectivity index is 1.81. The molecule has 0 saturated carbocycles. The van der Waals surface area contributed by atoms with Crippen LogP contribution in [0.5, 0.6) is 0 Å². The van der Waals surface area contributed by atoms with E-state index in [1.165, 1.54) is 4.90 Å². The summed E-state index contributed by atoms with van der Waals surface area (Å²) in [7, 11) is 1.59. The van der Waals surface area contributed by atoms with E-state index in [4.69, 9.17) is 9.47 Å². The van der Waals surface area contributed by atoms with Crippen LogP contribution in [0.4, 0.5) is 9.18 Å². The van der Waals surface area contributed by atoms with Gasteiger partial charge in [-0.3, -0.25) is 0 Å². The van der Waals surface area contributed by atoms with Crippen molar-refractivity contribution in [3.63, 3.8) is 0 Å². The lowest BCUT2D eigenvalue weighted by Gasteiger charge is -2.36. The van der Waals surface area contributed by atoms with E-state index in [1.54, 1.807) is 7.11 Å². The maximum atomic E-state index is 12.6. The van der Waals surface area contributed by atoms with Crippen LogP contribution in [0.2, 0.25) is 0 Å². The predicted octanol–water partition coefficient (Wildman–Crippen LogP) is 0.544. The Hall–Kier alpha value is -0.880. The second-order valence-electron chi connectivity index (χ2n) is 4.57. The Kier molecular flexibility index (Phi) is 4.17. The van der Waals surface area contributed by atoms with E-state index in [0.29, 0.717) is 6.61 Å². The van der Waals surface area contributed by atoms with Crippen molar-refractivity contribution in [1.29, 1.82) is 0 Å². The fourth-order valence-electron chi connectivity index (χ4n) is 2.18. The monoisotopic (exact) mass is 246 g/mol. The lowest BCUT2D eigenvalue weighted by atomic mass is 10.1. The van der Waals surface area contributed by atoms with Gasteiger partial charge in [0.1, 0.15) is 6.17 Å². The van der Waals surface area contributed by atoms with Crippen LogP contribution in [0, 0.1) is 0 Å². The van der Waals surface area contributed by atoms with Gasteiger partial charge >= 0.3 is 6.03 Å². The Labute approximate surface area is 100 Å². The van der Waals surface area contributed by atoms with Gasteiger partial charge in [-0.25, -0.2) is 9.18 Å². The highest BCUT2D eigenvalue weighted by Gasteiger charge is 2.34. The third kappa shape index (κ3) is 3.07. The number of amides is 2. The Morgan fingerprint density at radius 1 is 1.65 bits per heavy atom. The zero-order chi connectivity index (χ0) is 12.3. The molecule has 0 aliphatic carbocycles. The molecule has 0 spiro atoms. The van der Waals surface area contributed by atoms with Crippen molar-refractivity contribution in [2.45, 2.75) is 31.2 Å². The zero-order valence-corrected chi connectivity index (χ0v) is 10.0. The van der Waals surface area contributed by atoms with Gasteiger partial charge in [-0.2, -0.15) is 0 Å². The predicted molar refractivity (Wildman–Crippen MR) is 59.6 cm³/mol. The Morgan fingerprint density at radius 3 is 2.94 bits per heavy atom. The fourth-order valence-corrected chi connectivity index (χ4v) is 2.18. The molecule has 2 saturated heterocycles. The first-order valence-corrected chi connectivity index (χ1v) is 6.00. The standard InChI is InChI=1S/C11H19FN2O3/c1-16-7-9(10-3-2-4-17-10)13-11(15)14-5-8(12)6-14/h8-10H,2-7H2,1H3,(H,13,15). The molecule has 2 rings (SSSR count). The van der Waals surface area contributed by atoms with Gasteiger partial charge in [0.05, 0.1) is 31.8 Å². The first-order valence-electron chi connectivity index (χ1n) is 6.00. The van der Waals surface area contributed by atoms with Crippen molar-refractivity contribution in [3.8, 4) is 0 Å². The molecule has 17 heavy (non-hydrogen) atoms. The molecule has 0 aromatic heterocycles. The maximum Gasteiger partial charge on any atom is 0.317 e. The summed E-state index contributed by atoms with van der Waals surface area (Å²) in [6.45, 7) is 1.54. The molecule has 0 bridgehead atoms. The number of ether oxygens (including phenoxy) is 2. The molecule has 2 unspecified atom stereocenters. The van der Waals surface area contributed by atoms with Crippen LogP contribution < -0.4 is 5.32 Å². The number of likely N-dealkylation sites (tertiary alicyclic amines) is 1. The van der Waals surface area contributed by atoms with Gasteiger partial charge < -0.3 is 19.7 Å². The van der Waals surface area contributed by atoms with E-state index in [9.17, 15) is 9.18 Å². The van der Waals surface area contributed by atoms with Crippen LogP contribution in [0.3, 0.4) is 0 Å². The molecular weight excluding hydrogens is 227 g/mol. The first-order chi connectivity index (χ1) is 8.20. The van der Waals surface area contributed by atoms with Crippen molar-refractivity contribution < 1.29 is 18.7 Å². The number of carbonyl (C=O) groups excluding carboxylic acids is 1. The highest BCUT2D eigenvalue weighted by atomic mass is 19.1. The largest absolute Gasteiger partial charge is 0.382 e. The number of hydrogen-bond acceptors (Lipinski definition) is 3. The van der Waals surface area contributed by atoms with Gasteiger partial charge in [0, 0.05) is 13.7 Å². The quantitative estimate of drug-likeness (QED) is 0.788. The van der Waals surface area contributed by atoms with Crippen molar-refractivity contribution in [2.75, 3.05) is 33.4 Å². The number of carbonyl (C=O) groups is 1. The van der Waals surface area contributed by atoms with Crippen LogP contribution in [0.15, 0.2) is 0 Å². The van der Waals surface area contributed by atoms with Gasteiger partial charge in [-0.1, -0.05) is 0 Å². The Bertz CT molecular complexity index is 265. The fraction of sp³-hybridized carbons (Fsp3) is 0.909. The van der Waals surface area contributed by atoms with Crippen molar-refractivity contribution in [3.05, 3.63) is 0 Å². The van der Waals surface area contributed by atoms with E-state index in [-0.39, 0.29) is 31.3 Å². The number of urea groups is 1. The van der Waals surface area contributed by atoms with E-state index in [2.05, 4.69) is 5.32 Å². The summed E-state index contributed by atoms with van der Waals surface area (Å²) in [4.78, 5) is 13.2. The zero-order valence-electron chi connectivity index (χ0n) is 10.0. The summed E-state index contributed by atoms with van der Waals surface area (Å²) < 4.78 is 23.3. The third-order valence-corrected chi connectivity index (χ3v) is 3.19. The minimum atomic E-state index is -0.871. The second-order valence-corrected chi connectivity index (χ2v) is 4.57. The summed E-state index contributed by atoms with van der Waals surface area (Å²) in [5.41, 5.74) is 0. The molecule has 2 atom stereocenters. The Morgan fingerprint density at radius 2 is 2.41 bits per heavy atom. The molecule has 6 heteroatoms. The van der Waals surface area contributed by atoms with Crippen LogP contribution in [-0.2, 0) is 9.47 Å². The molecule has 2 heterocycles. The molecule has 2 aliphatic heterocycles. The molecule has 2 fully saturated rings. The van der Waals surface area contributed by atoms with Gasteiger partial charge in [0.25, 0.3) is 0 Å². The minimum absolute atomic E-state index is 0.0151. The van der Waals surface area contributed by atoms with Gasteiger partial charge in [-0.05, 0) is 12.8 Å². The molecule has 1 N–H and O–H groups in total. The number of hydrogen-bond donors (Lipinski definition) is 1. The number of nitrogens with zero attached hydrogens (tertiary/aromatic N) is 1. The summed E-state index contributed by atoms with van der Waals surface area (Å²) in [6.07, 6.45) is 1.09. The lowest BCUT2D eigenvalue weighted by Crippen LogP contribution is -2.58. The number of nitrogens with one attached hydrogen (secondary N) is 1. The molecule has 0 aromatic carbocycles. The van der Waals surface area contributed by atoms with E-state index in [1.807, 2.05) is 0 Å². The maximum absolute atomic E-state index is 12.6. The molecule has 0 radical (unpaired) electrons. The van der Waals surface area contributed by atoms with Gasteiger partial charge in [0.2, 0.25) is 0 Å². The van der Waals surface area contributed by atoms with Crippen LogP contribution in [0.1, 0.15) is 12.8 Å². The summed E-state index contributed by atoms with van der Waals surface area (Å²) in [6, 6.07) is -0.370.